The summed E-state index contributed by atoms with van der Waals surface area (Å²) in [5.41, 5.74) is 0.829. The topological polar surface area (TPSA) is 75.1 Å². The summed E-state index contributed by atoms with van der Waals surface area (Å²) in [4.78, 5) is 4.48. The molecule has 0 aromatic heterocycles. The average molecular weight is 349 g/mol. The first-order valence-electron chi connectivity index (χ1n) is 9.17. The van der Waals surface area contributed by atoms with E-state index in [1.165, 1.54) is 0 Å². The fourth-order valence-corrected chi connectivity index (χ4v) is 2.68. The van der Waals surface area contributed by atoms with Gasteiger partial charge in [-0.25, -0.2) is 0 Å². The number of hydrogen-bond acceptors (Lipinski definition) is 4. The van der Waals surface area contributed by atoms with Crippen molar-refractivity contribution in [1.29, 1.82) is 0 Å². The van der Waals surface area contributed by atoms with Gasteiger partial charge < -0.3 is 25.2 Å². The minimum atomic E-state index is -0.647. The molecule has 2 unspecified atom stereocenters. The Kier molecular flexibility index (Phi) is 8.01. The molecule has 140 valence electrons. The summed E-state index contributed by atoms with van der Waals surface area (Å²) >= 11 is 0. The van der Waals surface area contributed by atoms with Crippen molar-refractivity contribution in [2.24, 2.45) is 4.99 Å². The highest BCUT2D eigenvalue weighted by Gasteiger charge is 2.15. The molecule has 6 nitrogen and oxygen atoms in total. The Labute approximate surface area is 150 Å². The maximum Gasteiger partial charge on any atom is 0.191 e. The monoisotopic (exact) mass is 349 g/mol. The van der Waals surface area contributed by atoms with E-state index in [0.29, 0.717) is 12.5 Å². The van der Waals surface area contributed by atoms with E-state index < -0.39 is 6.10 Å². The van der Waals surface area contributed by atoms with Crippen LogP contribution in [0, 0.1) is 0 Å². The van der Waals surface area contributed by atoms with Crippen molar-refractivity contribution in [2.45, 2.75) is 51.9 Å². The molecular formula is C19H31N3O3. The van der Waals surface area contributed by atoms with E-state index in [-0.39, 0.29) is 12.2 Å². The van der Waals surface area contributed by atoms with Crippen LogP contribution in [0.1, 0.15) is 45.3 Å². The lowest BCUT2D eigenvalue weighted by molar-refractivity contribution is 0.113. The van der Waals surface area contributed by atoms with Gasteiger partial charge in [-0.1, -0.05) is 12.1 Å². The second-order valence-corrected chi connectivity index (χ2v) is 6.49. The number of aliphatic hydroxyl groups is 1. The Hall–Kier alpha value is -1.79. The molecule has 1 heterocycles. The van der Waals surface area contributed by atoms with Crippen LogP contribution in [-0.4, -0.2) is 49.5 Å². The maximum atomic E-state index is 10.4. The molecule has 0 saturated carbocycles. The highest BCUT2D eigenvalue weighted by atomic mass is 16.5. The molecule has 6 heteroatoms. The summed E-state index contributed by atoms with van der Waals surface area (Å²) in [5, 5.41) is 16.8. The second kappa shape index (κ2) is 10.3. The molecule has 1 aromatic rings. The molecule has 2 atom stereocenters. The molecule has 3 N–H and O–H groups in total. The average Bonchev–Trinajstić information content (AvgIpc) is 3.10. The molecule has 0 radical (unpaired) electrons. The number of rotatable bonds is 8. The Morgan fingerprint density at radius 2 is 2.08 bits per heavy atom. The normalized spacial score (nSPS) is 19.1. The molecule has 0 amide bonds. The van der Waals surface area contributed by atoms with Crippen LogP contribution in [0.15, 0.2) is 29.3 Å². The van der Waals surface area contributed by atoms with Crippen molar-refractivity contribution in [3.05, 3.63) is 29.8 Å². The van der Waals surface area contributed by atoms with Crippen molar-refractivity contribution < 1.29 is 14.6 Å². The van der Waals surface area contributed by atoms with E-state index in [4.69, 9.17) is 9.47 Å². The Morgan fingerprint density at radius 1 is 1.32 bits per heavy atom. The predicted octanol–water partition coefficient (Wildman–Crippen LogP) is 2.24. The smallest absolute Gasteiger partial charge is 0.191 e. The first kappa shape index (κ1) is 19.5. The number of hydrogen-bond donors (Lipinski definition) is 3. The van der Waals surface area contributed by atoms with Gasteiger partial charge >= 0.3 is 0 Å². The first-order chi connectivity index (χ1) is 12.1. The number of benzene rings is 1. The number of guanidine groups is 1. The Morgan fingerprint density at radius 3 is 2.68 bits per heavy atom. The van der Waals surface area contributed by atoms with E-state index in [0.717, 1.165) is 43.9 Å². The van der Waals surface area contributed by atoms with E-state index >= 15 is 0 Å². The van der Waals surface area contributed by atoms with Crippen LogP contribution in [-0.2, 0) is 4.74 Å². The third kappa shape index (κ3) is 6.92. The molecular weight excluding hydrogens is 318 g/mol. The van der Waals surface area contributed by atoms with Gasteiger partial charge in [0.2, 0.25) is 0 Å². The summed E-state index contributed by atoms with van der Waals surface area (Å²) in [6.45, 7) is 8.65. The summed E-state index contributed by atoms with van der Waals surface area (Å²) in [6, 6.07) is 7.52. The molecule has 0 bridgehead atoms. The largest absolute Gasteiger partial charge is 0.491 e. The van der Waals surface area contributed by atoms with Gasteiger partial charge in [0.15, 0.2) is 5.96 Å². The minimum absolute atomic E-state index is 0.137. The standard InChI is InChI=1S/C19H31N3O3/c1-4-20-19(21-12-17-6-5-11-24-17)22-13-18(23)15-7-9-16(10-8-15)25-14(2)3/h7-10,14,17-18,23H,4-6,11-13H2,1-3H3,(H2,20,21,22). The van der Waals surface area contributed by atoms with Crippen molar-refractivity contribution in [3.63, 3.8) is 0 Å². The van der Waals surface area contributed by atoms with Crippen molar-refractivity contribution >= 4 is 5.96 Å². The molecule has 25 heavy (non-hydrogen) atoms. The molecule has 1 saturated heterocycles. The SMILES string of the molecule is CCNC(=NCC(O)c1ccc(OC(C)C)cc1)NCC1CCCO1. The number of nitrogens with zero attached hydrogens (tertiary/aromatic N) is 1. The fraction of sp³-hybridized carbons (Fsp3) is 0.632. The third-order valence-electron chi connectivity index (χ3n) is 3.92. The maximum absolute atomic E-state index is 10.4. The van der Waals surface area contributed by atoms with Gasteiger partial charge in [0, 0.05) is 19.7 Å². The molecule has 2 rings (SSSR count). The minimum Gasteiger partial charge on any atom is -0.491 e. The van der Waals surface area contributed by atoms with E-state index in [9.17, 15) is 5.11 Å². The summed E-state index contributed by atoms with van der Waals surface area (Å²) in [7, 11) is 0. The number of ether oxygens (including phenoxy) is 2. The highest BCUT2D eigenvalue weighted by molar-refractivity contribution is 5.79. The van der Waals surface area contributed by atoms with Crippen LogP contribution >= 0.6 is 0 Å². The van der Waals surface area contributed by atoms with Crippen LogP contribution in [0.3, 0.4) is 0 Å². The molecule has 0 spiro atoms. The van der Waals surface area contributed by atoms with Crippen LogP contribution in [0.25, 0.3) is 0 Å². The van der Waals surface area contributed by atoms with Gasteiger partial charge in [-0.3, -0.25) is 4.99 Å². The zero-order valence-electron chi connectivity index (χ0n) is 15.5. The van der Waals surface area contributed by atoms with Crippen LogP contribution < -0.4 is 15.4 Å². The van der Waals surface area contributed by atoms with Crippen molar-refractivity contribution in [1.82, 2.24) is 10.6 Å². The van der Waals surface area contributed by atoms with Gasteiger partial charge in [-0.05, 0) is 51.3 Å². The fourth-order valence-electron chi connectivity index (χ4n) is 2.68. The molecule has 1 aliphatic heterocycles. The number of nitrogens with one attached hydrogen (secondary N) is 2. The summed E-state index contributed by atoms with van der Waals surface area (Å²) < 4.78 is 11.2. The number of aliphatic hydroxyl groups excluding tert-OH is 1. The zero-order valence-corrected chi connectivity index (χ0v) is 15.5. The third-order valence-corrected chi connectivity index (χ3v) is 3.92. The second-order valence-electron chi connectivity index (χ2n) is 6.49. The Balaban J connectivity index is 1.86. The van der Waals surface area contributed by atoms with Crippen molar-refractivity contribution in [3.8, 4) is 5.75 Å². The lowest BCUT2D eigenvalue weighted by Gasteiger charge is -2.16. The van der Waals surface area contributed by atoms with Gasteiger partial charge in [-0.15, -0.1) is 0 Å². The molecule has 1 aromatic carbocycles. The van der Waals surface area contributed by atoms with Crippen molar-refractivity contribution in [2.75, 3.05) is 26.2 Å². The van der Waals surface area contributed by atoms with E-state index in [2.05, 4.69) is 15.6 Å². The summed E-state index contributed by atoms with van der Waals surface area (Å²) in [5.74, 6) is 1.51. The lowest BCUT2D eigenvalue weighted by Crippen LogP contribution is -2.41. The van der Waals surface area contributed by atoms with Gasteiger partial charge in [-0.2, -0.15) is 0 Å². The van der Waals surface area contributed by atoms with Gasteiger partial charge in [0.1, 0.15) is 5.75 Å². The number of aliphatic imine (C=N–C) groups is 1. The predicted molar refractivity (Wildman–Crippen MR) is 100 cm³/mol. The Bertz CT molecular complexity index is 525. The van der Waals surface area contributed by atoms with Gasteiger partial charge in [0.05, 0.1) is 24.9 Å². The zero-order chi connectivity index (χ0) is 18.1. The quantitative estimate of drug-likeness (QED) is 0.496. The van der Waals surface area contributed by atoms with Gasteiger partial charge in [0.25, 0.3) is 0 Å². The van der Waals surface area contributed by atoms with E-state index in [1.807, 2.05) is 45.0 Å². The molecule has 1 fully saturated rings. The summed E-state index contributed by atoms with van der Waals surface area (Å²) in [6.07, 6.45) is 1.95. The van der Waals surface area contributed by atoms with Crippen LogP contribution in [0.4, 0.5) is 0 Å². The first-order valence-corrected chi connectivity index (χ1v) is 9.17. The van der Waals surface area contributed by atoms with Crippen LogP contribution in [0.2, 0.25) is 0 Å². The molecule has 1 aliphatic rings. The lowest BCUT2D eigenvalue weighted by atomic mass is 10.1. The molecule has 0 aliphatic carbocycles. The highest BCUT2D eigenvalue weighted by Crippen LogP contribution is 2.19. The van der Waals surface area contributed by atoms with E-state index in [1.54, 1.807) is 0 Å². The van der Waals surface area contributed by atoms with Crippen LogP contribution in [0.5, 0.6) is 5.75 Å².